The highest BCUT2D eigenvalue weighted by Crippen LogP contribution is 2.21. The van der Waals surface area contributed by atoms with Crippen LogP contribution in [0.15, 0.2) is 44.0 Å². The van der Waals surface area contributed by atoms with Crippen LogP contribution in [0, 0.1) is 0 Å². The molecule has 2 rings (SSSR count). The zero-order valence-corrected chi connectivity index (χ0v) is 13.8. The van der Waals surface area contributed by atoms with E-state index < -0.39 is 0 Å². The molecule has 1 amide bonds. The third-order valence-electron chi connectivity index (χ3n) is 2.14. The Labute approximate surface area is 129 Å². The van der Waals surface area contributed by atoms with Gasteiger partial charge in [-0.05, 0) is 59.9 Å². The first-order chi connectivity index (χ1) is 8.56. The van der Waals surface area contributed by atoms with Gasteiger partial charge in [-0.3, -0.25) is 4.79 Å². The molecule has 0 fully saturated rings. The number of benzene rings is 1. The van der Waals surface area contributed by atoms with Crippen molar-refractivity contribution in [1.29, 1.82) is 0 Å². The van der Waals surface area contributed by atoms with E-state index in [2.05, 4.69) is 58.2 Å². The van der Waals surface area contributed by atoms with E-state index in [1.54, 1.807) is 10.7 Å². The molecule has 0 aliphatic rings. The minimum atomic E-state index is -0.141. The Balaban J connectivity index is 2.06. The fourth-order valence-corrected chi connectivity index (χ4v) is 2.88. The second-order valence-electron chi connectivity index (χ2n) is 3.48. The number of nitrogens with one attached hydrogen (secondary N) is 1. The highest BCUT2D eigenvalue weighted by molar-refractivity contribution is 9.11. The second-order valence-corrected chi connectivity index (χ2v) is 5.95. The molecule has 0 saturated heterocycles. The zero-order valence-electron chi connectivity index (χ0n) is 9.03. The Morgan fingerprint density at radius 2 is 2.00 bits per heavy atom. The quantitative estimate of drug-likeness (QED) is 0.793. The van der Waals surface area contributed by atoms with Gasteiger partial charge in [0.2, 0.25) is 5.91 Å². The number of para-hydroxylation sites is 1. The van der Waals surface area contributed by atoms with E-state index in [1.165, 1.54) is 0 Å². The Morgan fingerprint density at radius 3 is 2.61 bits per heavy atom. The van der Waals surface area contributed by atoms with E-state index in [0.717, 1.165) is 14.8 Å². The zero-order chi connectivity index (χ0) is 13.1. The van der Waals surface area contributed by atoms with E-state index in [1.807, 2.05) is 24.3 Å². The van der Waals surface area contributed by atoms with Gasteiger partial charge in [0.25, 0.3) is 0 Å². The van der Waals surface area contributed by atoms with Crippen molar-refractivity contribution < 1.29 is 4.79 Å². The molecule has 1 N–H and O–H groups in total. The van der Waals surface area contributed by atoms with Crippen LogP contribution < -0.4 is 5.32 Å². The number of carbonyl (C=O) groups excluding carboxylic acids is 1. The van der Waals surface area contributed by atoms with Crippen molar-refractivity contribution in [2.75, 3.05) is 5.32 Å². The Hall–Kier alpha value is -0.660. The second kappa shape index (κ2) is 5.99. The third-order valence-corrected chi connectivity index (χ3v) is 3.86. The lowest BCUT2D eigenvalue weighted by Crippen LogP contribution is -2.19. The van der Waals surface area contributed by atoms with Crippen LogP contribution >= 0.6 is 47.8 Å². The van der Waals surface area contributed by atoms with Crippen molar-refractivity contribution in [1.82, 2.24) is 9.78 Å². The van der Waals surface area contributed by atoms with Crippen LogP contribution in [-0.2, 0) is 11.3 Å². The van der Waals surface area contributed by atoms with E-state index >= 15 is 0 Å². The molecule has 4 nitrogen and oxygen atoms in total. The molecule has 1 aromatic heterocycles. The molecular weight excluding hydrogens is 430 g/mol. The van der Waals surface area contributed by atoms with Crippen LogP contribution in [0.25, 0.3) is 0 Å². The minimum Gasteiger partial charge on any atom is -0.323 e. The van der Waals surface area contributed by atoms with Crippen LogP contribution in [0.1, 0.15) is 0 Å². The largest absolute Gasteiger partial charge is 0.323 e. The molecule has 2 aromatic rings. The molecule has 94 valence electrons. The van der Waals surface area contributed by atoms with Gasteiger partial charge < -0.3 is 5.32 Å². The molecule has 0 unspecified atom stereocenters. The van der Waals surface area contributed by atoms with Gasteiger partial charge in [-0.15, -0.1) is 0 Å². The number of hydrogen-bond acceptors (Lipinski definition) is 2. The first kappa shape index (κ1) is 13.8. The average Bonchev–Trinajstić information content (AvgIpc) is 2.61. The van der Waals surface area contributed by atoms with Crippen molar-refractivity contribution in [3.8, 4) is 0 Å². The standard InChI is InChI=1S/C11H8Br3N3O/c12-7-3-1-2-4-8(7)15-11(18)6-17-10(14)5-9(13)16-17/h1-5H,6H2,(H,15,18). The van der Waals surface area contributed by atoms with Crippen molar-refractivity contribution in [3.05, 3.63) is 44.0 Å². The number of nitrogens with zero attached hydrogens (tertiary/aromatic N) is 2. The number of carbonyl (C=O) groups is 1. The maximum atomic E-state index is 11.9. The van der Waals surface area contributed by atoms with Gasteiger partial charge in [-0.2, -0.15) is 5.10 Å². The number of hydrogen-bond donors (Lipinski definition) is 1. The van der Waals surface area contributed by atoms with Crippen molar-refractivity contribution in [3.63, 3.8) is 0 Å². The maximum absolute atomic E-state index is 11.9. The molecular formula is C11H8Br3N3O. The summed E-state index contributed by atoms with van der Waals surface area (Å²) < 4.78 is 3.84. The number of amides is 1. The number of anilines is 1. The average molecular weight is 438 g/mol. The summed E-state index contributed by atoms with van der Waals surface area (Å²) in [6.45, 7) is 0.146. The Morgan fingerprint density at radius 1 is 1.28 bits per heavy atom. The smallest absolute Gasteiger partial charge is 0.246 e. The monoisotopic (exact) mass is 435 g/mol. The van der Waals surface area contributed by atoms with Gasteiger partial charge >= 0.3 is 0 Å². The van der Waals surface area contributed by atoms with Crippen LogP contribution in [-0.4, -0.2) is 15.7 Å². The van der Waals surface area contributed by atoms with E-state index in [0.29, 0.717) is 4.60 Å². The molecule has 0 atom stereocenters. The minimum absolute atomic E-state index is 0.141. The normalized spacial score (nSPS) is 10.4. The van der Waals surface area contributed by atoms with Crippen LogP contribution in [0.5, 0.6) is 0 Å². The van der Waals surface area contributed by atoms with Crippen molar-refractivity contribution >= 4 is 59.4 Å². The van der Waals surface area contributed by atoms with Crippen LogP contribution in [0.3, 0.4) is 0 Å². The Bertz CT molecular complexity index is 583. The summed E-state index contributed by atoms with van der Waals surface area (Å²) >= 11 is 9.95. The van der Waals surface area contributed by atoms with Gasteiger partial charge in [0.15, 0.2) is 0 Å². The van der Waals surface area contributed by atoms with Crippen molar-refractivity contribution in [2.45, 2.75) is 6.54 Å². The Kier molecular flexibility index (Phi) is 4.58. The summed E-state index contributed by atoms with van der Waals surface area (Å²) in [4.78, 5) is 11.9. The van der Waals surface area contributed by atoms with Gasteiger partial charge in [-0.25, -0.2) is 4.68 Å². The molecule has 1 heterocycles. The van der Waals surface area contributed by atoms with Crippen molar-refractivity contribution in [2.24, 2.45) is 0 Å². The van der Waals surface area contributed by atoms with Gasteiger partial charge in [0, 0.05) is 10.5 Å². The molecule has 0 bridgehead atoms. The molecule has 7 heteroatoms. The third kappa shape index (κ3) is 3.43. The van der Waals surface area contributed by atoms with Crippen LogP contribution in [0.2, 0.25) is 0 Å². The topological polar surface area (TPSA) is 46.9 Å². The first-order valence-corrected chi connectivity index (χ1v) is 7.37. The lowest BCUT2D eigenvalue weighted by Gasteiger charge is -2.07. The lowest BCUT2D eigenvalue weighted by molar-refractivity contribution is -0.116. The molecule has 0 saturated carbocycles. The number of rotatable bonds is 3. The van der Waals surface area contributed by atoms with Gasteiger partial charge in [-0.1, -0.05) is 12.1 Å². The summed E-state index contributed by atoms with van der Waals surface area (Å²) in [5, 5.41) is 6.94. The predicted octanol–water partition coefficient (Wildman–Crippen LogP) is 3.81. The summed E-state index contributed by atoms with van der Waals surface area (Å²) in [5.74, 6) is -0.141. The molecule has 0 aliphatic heterocycles. The molecule has 0 aliphatic carbocycles. The van der Waals surface area contributed by atoms with Crippen LogP contribution in [0.4, 0.5) is 5.69 Å². The van der Waals surface area contributed by atoms with Gasteiger partial charge in [0.05, 0.1) is 5.69 Å². The van der Waals surface area contributed by atoms with E-state index in [4.69, 9.17) is 0 Å². The highest BCUT2D eigenvalue weighted by atomic mass is 79.9. The lowest BCUT2D eigenvalue weighted by atomic mass is 10.3. The fraction of sp³-hybridized carbons (Fsp3) is 0.0909. The highest BCUT2D eigenvalue weighted by Gasteiger charge is 2.09. The van der Waals surface area contributed by atoms with E-state index in [-0.39, 0.29) is 12.5 Å². The fourth-order valence-electron chi connectivity index (χ4n) is 1.36. The van der Waals surface area contributed by atoms with Gasteiger partial charge in [0.1, 0.15) is 15.8 Å². The number of aromatic nitrogens is 2. The first-order valence-electron chi connectivity index (χ1n) is 4.99. The molecule has 1 aromatic carbocycles. The summed E-state index contributed by atoms with van der Waals surface area (Å²) in [6.07, 6.45) is 0. The summed E-state index contributed by atoms with van der Waals surface area (Å²) in [5.41, 5.74) is 0.741. The summed E-state index contributed by atoms with van der Waals surface area (Å²) in [7, 11) is 0. The maximum Gasteiger partial charge on any atom is 0.246 e. The predicted molar refractivity (Wildman–Crippen MR) is 80.4 cm³/mol. The SMILES string of the molecule is O=C(Cn1nc(Br)cc1Br)Nc1ccccc1Br. The molecule has 18 heavy (non-hydrogen) atoms. The summed E-state index contributed by atoms with van der Waals surface area (Å²) in [6, 6.07) is 9.24. The molecule has 0 radical (unpaired) electrons. The van der Waals surface area contributed by atoms with E-state index in [9.17, 15) is 4.79 Å². The number of halogens is 3. The molecule has 0 spiro atoms.